The third kappa shape index (κ3) is 3.59. The van der Waals surface area contributed by atoms with Gasteiger partial charge in [0.05, 0.1) is 5.56 Å². The van der Waals surface area contributed by atoms with Crippen LogP contribution in [0.2, 0.25) is 0 Å². The van der Waals surface area contributed by atoms with Crippen molar-refractivity contribution in [2.24, 2.45) is 0 Å². The number of hydrogen-bond acceptors (Lipinski definition) is 3. The monoisotopic (exact) mass is 331 g/mol. The van der Waals surface area contributed by atoms with E-state index in [2.05, 4.69) is 0 Å². The smallest absolute Gasteiger partial charge is 0.255 e. The van der Waals surface area contributed by atoms with Gasteiger partial charge in [0.1, 0.15) is 0 Å². The van der Waals surface area contributed by atoms with Crippen LogP contribution in [0.15, 0.2) is 64.4 Å². The molecular weight excluding hydrogens is 314 g/mol. The van der Waals surface area contributed by atoms with E-state index in [9.17, 15) is 9.00 Å². The predicted molar refractivity (Wildman–Crippen MR) is 90.8 cm³/mol. The molecule has 0 N–H and O–H groups in total. The van der Waals surface area contributed by atoms with Crippen LogP contribution in [0.4, 0.5) is 0 Å². The highest BCUT2D eigenvalue weighted by molar-refractivity contribution is 7.99. The van der Waals surface area contributed by atoms with Crippen molar-refractivity contribution < 1.29 is 9.00 Å². The van der Waals surface area contributed by atoms with Crippen molar-refractivity contribution >= 4 is 28.5 Å². The maximum Gasteiger partial charge on any atom is 0.255 e. The van der Waals surface area contributed by atoms with Gasteiger partial charge in [-0.25, -0.2) is 0 Å². The number of rotatable bonds is 3. The number of hydrogen-bond donors (Lipinski definition) is 0. The lowest BCUT2D eigenvalue weighted by Crippen LogP contribution is -2.41. The molecule has 1 saturated heterocycles. The van der Waals surface area contributed by atoms with E-state index in [1.807, 2.05) is 59.5 Å². The van der Waals surface area contributed by atoms with Crippen molar-refractivity contribution in [2.75, 3.05) is 24.6 Å². The number of carbonyl (C=O) groups excluding carboxylic acids is 1. The Morgan fingerprint density at radius 3 is 2.32 bits per heavy atom. The van der Waals surface area contributed by atoms with Crippen LogP contribution < -0.4 is 0 Å². The first-order valence-corrected chi connectivity index (χ1v) is 9.51. The number of amides is 1. The van der Waals surface area contributed by atoms with Gasteiger partial charge in [-0.3, -0.25) is 9.00 Å². The summed E-state index contributed by atoms with van der Waals surface area (Å²) in [6.07, 6.45) is 0. The average Bonchev–Trinajstić information content (AvgIpc) is 2.56. The van der Waals surface area contributed by atoms with Crippen LogP contribution in [-0.2, 0) is 10.8 Å². The van der Waals surface area contributed by atoms with Crippen LogP contribution in [-0.4, -0.2) is 39.6 Å². The Morgan fingerprint density at radius 1 is 0.955 bits per heavy atom. The molecule has 0 saturated carbocycles. The average molecular weight is 331 g/mol. The molecule has 114 valence electrons. The largest absolute Gasteiger partial charge is 0.337 e. The molecule has 0 aromatic heterocycles. The highest BCUT2D eigenvalue weighted by Gasteiger charge is 2.23. The van der Waals surface area contributed by atoms with E-state index >= 15 is 0 Å². The zero-order valence-corrected chi connectivity index (χ0v) is 13.7. The Bertz CT molecular complexity index is 678. The number of carbonyl (C=O) groups is 1. The minimum atomic E-state index is -0.770. The van der Waals surface area contributed by atoms with Gasteiger partial charge in [-0.1, -0.05) is 42.1 Å². The third-order valence-electron chi connectivity index (χ3n) is 3.55. The molecule has 5 heteroatoms. The molecule has 2 aromatic rings. The summed E-state index contributed by atoms with van der Waals surface area (Å²) in [7, 11) is -0.770. The normalized spacial score (nSPS) is 15.7. The molecule has 0 radical (unpaired) electrons. The summed E-state index contributed by atoms with van der Waals surface area (Å²) < 4.78 is 11.4. The van der Waals surface area contributed by atoms with Crippen LogP contribution in [0.1, 0.15) is 10.4 Å². The molecule has 1 fully saturated rings. The molecule has 22 heavy (non-hydrogen) atoms. The van der Waals surface area contributed by atoms with Gasteiger partial charge in [-0.15, -0.1) is 0 Å². The van der Waals surface area contributed by atoms with Gasteiger partial charge in [0.25, 0.3) is 5.91 Å². The SMILES string of the molecule is O=C(c1ccccc1Sc1ccccc1)N1CCS(=O)CC1. The van der Waals surface area contributed by atoms with E-state index in [1.165, 1.54) is 0 Å². The van der Waals surface area contributed by atoms with Gasteiger partial charge in [0.15, 0.2) is 0 Å². The van der Waals surface area contributed by atoms with Crippen molar-refractivity contribution in [1.29, 1.82) is 0 Å². The molecule has 3 rings (SSSR count). The summed E-state index contributed by atoms with van der Waals surface area (Å²) >= 11 is 1.60. The van der Waals surface area contributed by atoms with E-state index in [4.69, 9.17) is 0 Å². The summed E-state index contributed by atoms with van der Waals surface area (Å²) in [5.41, 5.74) is 0.726. The van der Waals surface area contributed by atoms with Gasteiger partial charge < -0.3 is 4.90 Å². The maximum atomic E-state index is 12.7. The molecule has 1 aliphatic heterocycles. The van der Waals surface area contributed by atoms with E-state index in [0.29, 0.717) is 24.6 Å². The quantitative estimate of drug-likeness (QED) is 0.867. The van der Waals surface area contributed by atoms with Gasteiger partial charge in [0, 0.05) is 45.2 Å². The molecule has 2 aromatic carbocycles. The minimum Gasteiger partial charge on any atom is -0.337 e. The Hall–Kier alpha value is -1.59. The number of benzene rings is 2. The molecule has 1 heterocycles. The van der Waals surface area contributed by atoms with Gasteiger partial charge >= 0.3 is 0 Å². The van der Waals surface area contributed by atoms with Gasteiger partial charge in [-0.05, 0) is 24.3 Å². The molecular formula is C17H17NO2S2. The predicted octanol–water partition coefficient (Wildman–Crippen LogP) is 3.04. The first-order chi connectivity index (χ1) is 10.7. The lowest BCUT2D eigenvalue weighted by molar-refractivity contribution is 0.0768. The van der Waals surface area contributed by atoms with Crippen LogP contribution >= 0.6 is 11.8 Å². The van der Waals surface area contributed by atoms with Crippen molar-refractivity contribution in [3.63, 3.8) is 0 Å². The van der Waals surface area contributed by atoms with Crippen molar-refractivity contribution in [3.8, 4) is 0 Å². The van der Waals surface area contributed by atoms with Crippen LogP contribution in [0.25, 0.3) is 0 Å². The van der Waals surface area contributed by atoms with E-state index in [1.54, 1.807) is 11.8 Å². The molecule has 1 amide bonds. The fourth-order valence-corrected chi connectivity index (χ4v) is 4.37. The van der Waals surface area contributed by atoms with Crippen LogP contribution in [0.3, 0.4) is 0 Å². The lowest BCUT2D eigenvalue weighted by Gasteiger charge is -2.27. The Labute approximate surface area is 137 Å². The fourth-order valence-electron chi connectivity index (χ4n) is 2.36. The summed E-state index contributed by atoms with van der Waals surface area (Å²) in [6, 6.07) is 17.7. The summed E-state index contributed by atoms with van der Waals surface area (Å²) in [6.45, 7) is 1.16. The molecule has 1 aliphatic rings. The van der Waals surface area contributed by atoms with E-state index < -0.39 is 10.8 Å². The van der Waals surface area contributed by atoms with Crippen LogP contribution in [0, 0.1) is 0 Å². The van der Waals surface area contributed by atoms with E-state index in [0.717, 1.165) is 15.4 Å². The highest BCUT2D eigenvalue weighted by atomic mass is 32.2. The zero-order valence-electron chi connectivity index (χ0n) is 12.1. The van der Waals surface area contributed by atoms with Crippen molar-refractivity contribution in [2.45, 2.75) is 9.79 Å². The number of nitrogens with zero attached hydrogens (tertiary/aromatic N) is 1. The zero-order chi connectivity index (χ0) is 15.4. The Kier molecular flexibility index (Phi) is 4.95. The van der Waals surface area contributed by atoms with Gasteiger partial charge in [0.2, 0.25) is 0 Å². The first-order valence-electron chi connectivity index (χ1n) is 7.20. The molecule has 0 bridgehead atoms. The Balaban J connectivity index is 1.81. The highest BCUT2D eigenvalue weighted by Crippen LogP contribution is 2.31. The third-order valence-corrected chi connectivity index (χ3v) is 5.91. The second kappa shape index (κ2) is 7.11. The minimum absolute atomic E-state index is 0.0377. The summed E-state index contributed by atoms with van der Waals surface area (Å²) in [5.74, 6) is 1.20. The molecule has 0 unspecified atom stereocenters. The standard InChI is InChI=1S/C17H17NO2S2/c19-17(18-10-12-22(20)13-11-18)15-8-4-5-9-16(15)21-14-6-2-1-3-7-14/h1-9H,10-13H2. The van der Waals surface area contributed by atoms with Crippen molar-refractivity contribution in [1.82, 2.24) is 4.90 Å². The Morgan fingerprint density at radius 2 is 1.59 bits per heavy atom. The molecule has 0 aliphatic carbocycles. The second-order valence-corrected chi connectivity index (χ2v) is 7.86. The summed E-state index contributed by atoms with van der Waals surface area (Å²) in [4.78, 5) is 16.6. The van der Waals surface area contributed by atoms with Crippen LogP contribution in [0.5, 0.6) is 0 Å². The topological polar surface area (TPSA) is 37.4 Å². The molecule has 0 atom stereocenters. The maximum absolute atomic E-state index is 12.7. The molecule has 0 spiro atoms. The first kappa shape index (κ1) is 15.3. The second-order valence-electron chi connectivity index (χ2n) is 5.05. The molecule has 3 nitrogen and oxygen atoms in total. The van der Waals surface area contributed by atoms with E-state index in [-0.39, 0.29) is 5.91 Å². The van der Waals surface area contributed by atoms with Crippen molar-refractivity contribution in [3.05, 3.63) is 60.2 Å². The van der Waals surface area contributed by atoms with Gasteiger partial charge in [-0.2, -0.15) is 0 Å². The summed E-state index contributed by atoms with van der Waals surface area (Å²) in [5, 5.41) is 0. The lowest BCUT2D eigenvalue weighted by atomic mass is 10.2. The fraction of sp³-hybridized carbons (Fsp3) is 0.235.